The van der Waals surface area contributed by atoms with Crippen LogP contribution in [0.25, 0.3) is 21.9 Å². The average molecular weight is 479 g/mol. The zero-order valence-corrected chi connectivity index (χ0v) is 18.5. The second-order valence-corrected chi connectivity index (χ2v) is 7.84. The number of anilines is 2. The number of aromatic nitrogens is 2. The smallest absolute Gasteiger partial charge is 0.398 e. The number of fused-ring (bicyclic) bond motifs is 1. The average Bonchev–Trinajstić information content (AvgIpc) is 2.82. The number of nitrogens with two attached hydrogens (primary N) is 1. The third-order valence-corrected chi connectivity index (χ3v) is 5.43. The third-order valence-electron chi connectivity index (χ3n) is 5.43. The molecule has 0 spiro atoms. The molecule has 0 atom stereocenters. The van der Waals surface area contributed by atoms with Crippen molar-refractivity contribution in [2.24, 2.45) is 0 Å². The fourth-order valence-electron chi connectivity index (χ4n) is 3.66. The maximum absolute atomic E-state index is 13.1. The van der Waals surface area contributed by atoms with Gasteiger partial charge in [-0.25, -0.2) is 4.98 Å². The first-order valence-corrected chi connectivity index (χ1v) is 10.5. The number of rotatable bonds is 4. The van der Waals surface area contributed by atoms with E-state index in [4.69, 9.17) is 5.73 Å². The monoisotopic (exact) mass is 479 g/mol. The molecule has 2 amide bonds. The van der Waals surface area contributed by atoms with Crippen molar-refractivity contribution in [3.8, 4) is 11.1 Å². The van der Waals surface area contributed by atoms with E-state index >= 15 is 0 Å². The molecule has 0 saturated carbocycles. The molecule has 2 heterocycles. The minimum Gasteiger partial charge on any atom is -0.398 e. The van der Waals surface area contributed by atoms with Gasteiger partial charge in [0.2, 0.25) is 0 Å². The number of pyridine rings is 2. The number of alkyl halides is 3. The molecule has 0 radical (unpaired) electrons. The van der Waals surface area contributed by atoms with Crippen LogP contribution in [0.2, 0.25) is 0 Å². The quantitative estimate of drug-likeness (QED) is 0.296. The number of nitrogens with one attached hydrogen (secondary N) is 2. The summed E-state index contributed by atoms with van der Waals surface area (Å²) in [5, 5.41) is 5.90. The predicted octanol–water partition coefficient (Wildman–Crippen LogP) is 4.46. The van der Waals surface area contributed by atoms with Crippen LogP contribution in [0.1, 0.15) is 16.7 Å². The number of nitrogens with zero attached hydrogens (tertiary/aromatic N) is 2. The van der Waals surface area contributed by atoms with E-state index in [1.807, 2.05) is 19.1 Å². The minimum absolute atomic E-state index is 0.0906. The van der Waals surface area contributed by atoms with Crippen molar-refractivity contribution in [3.05, 3.63) is 83.8 Å². The van der Waals surface area contributed by atoms with Gasteiger partial charge in [0.1, 0.15) is 5.82 Å². The van der Waals surface area contributed by atoms with Crippen molar-refractivity contribution in [3.63, 3.8) is 0 Å². The second-order valence-electron chi connectivity index (χ2n) is 7.84. The van der Waals surface area contributed by atoms with E-state index in [0.717, 1.165) is 22.8 Å². The van der Waals surface area contributed by atoms with Crippen molar-refractivity contribution in [1.82, 2.24) is 15.3 Å². The van der Waals surface area contributed by atoms with Crippen LogP contribution in [-0.2, 0) is 22.3 Å². The molecule has 0 fully saturated rings. The third kappa shape index (κ3) is 5.21. The molecule has 0 saturated heterocycles. The van der Waals surface area contributed by atoms with E-state index in [-0.39, 0.29) is 11.4 Å². The Morgan fingerprint density at radius 1 is 1.03 bits per heavy atom. The molecule has 0 bridgehead atoms. The molecule has 0 aliphatic rings. The number of halogens is 3. The number of carbonyl (C=O) groups excluding carboxylic acids is 2. The summed E-state index contributed by atoms with van der Waals surface area (Å²) in [6.45, 7) is 1.48. The summed E-state index contributed by atoms with van der Waals surface area (Å²) in [4.78, 5) is 32.8. The van der Waals surface area contributed by atoms with Crippen LogP contribution < -0.4 is 16.4 Å². The molecule has 0 unspecified atom stereocenters. The highest BCUT2D eigenvalue weighted by atomic mass is 19.4. The summed E-state index contributed by atoms with van der Waals surface area (Å²) >= 11 is 0. The first-order chi connectivity index (χ1) is 16.6. The highest BCUT2D eigenvalue weighted by molar-refractivity contribution is 6.39. The number of amides is 2. The zero-order chi connectivity index (χ0) is 25.2. The Morgan fingerprint density at radius 2 is 1.80 bits per heavy atom. The zero-order valence-electron chi connectivity index (χ0n) is 18.5. The lowest BCUT2D eigenvalue weighted by Crippen LogP contribution is -2.35. The van der Waals surface area contributed by atoms with E-state index in [9.17, 15) is 22.8 Å². The molecule has 4 N–H and O–H groups in total. The number of hydrogen-bond donors (Lipinski definition) is 3. The molecular formula is C25H20F3N5O2. The predicted molar refractivity (Wildman–Crippen MR) is 126 cm³/mol. The van der Waals surface area contributed by atoms with E-state index in [2.05, 4.69) is 20.6 Å². The Labute approximate surface area is 198 Å². The number of nitrogen functional groups attached to an aromatic ring is 1. The van der Waals surface area contributed by atoms with Gasteiger partial charge in [0.15, 0.2) is 0 Å². The van der Waals surface area contributed by atoms with Crippen LogP contribution in [-0.4, -0.2) is 21.8 Å². The molecule has 7 nitrogen and oxygen atoms in total. The minimum atomic E-state index is -4.58. The normalized spacial score (nSPS) is 11.3. The van der Waals surface area contributed by atoms with Gasteiger partial charge in [-0.1, -0.05) is 18.2 Å². The SMILES string of the molecule is Cc1ccncc1-c1cc(N)c2cnc(NC(=O)C(=O)NCc3ccccc3C(F)(F)F)cc2c1. The number of aryl methyl sites for hydroxylation is 1. The van der Waals surface area contributed by atoms with Gasteiger partial charge >= 0.3 is 18.0 Å². The Kier molecular flexibility index (Phi) is 6.37. The van der Waals surface area contributed by atoms with Crippen molar-refractivity contribution < 1.29 is 22.8 Å². The molecule has 4 aromatic rings. The first-order valence-electron chi connectivity index (χ1n) is 10.5. The van der Waals surface area contributed by atoms with E-state index in [1.165, 1.54) is 24.4 Å². The first kappa shape index (κ1) is 23.7. The highest BCUT2D eigenvalue weighted by Crippen LogP contribution is 2.32. The fraction of sp³-hybridized carbons (Fsp3) is 0.120. The van der Waals surface area contributed by atoms with Gasteiger partial charge < -0.3 is 16.4 Å². The van der Waals surface area contributed by atoms with E-state index < -0.39 is 30.1 Å². The number of hydrogen-bond acceptors (Lipinski definition) is 5. The lowest BCUT2D eigenvalue weighted by Gasteiger charge is -2.13. The molecule has 10 heteroatoms. The molecule has 35 heavy (non-hydrogen) atoms. The van der Waals surface area contributed by atoms with Crippen LogP contribution in [0.15, 0.2) is 67.1 Å². The second kappa shape index (κ2) is 9.41. The summed E-state index contributed by atoms with van der Waals surface area (Å²) in [6.07, 6.45) is 0.305. The Balaban J connectivity index is 1.51. The Hall–Kier alpha value is -4.47. The van der Waals surface area contributed by atoms with Gasteiger partial charge in [0, 0.05) is 41.8 Å². The lowest BCUT2D eigenvalue weighted by atomic mass is 9.99. The Bertz CT molecular complexity index is 1440. The van der Waals surface area contributed by atoms with Gasteiger partial charge in [0.25, 0.3) is 0 Å². The van der Waals surface area contributed by atoms with Gasteiger partial charge in [-0.2, -0.15) is 13.2 Å². The molecule has 0 aliphatic heterocycles. The summed E-state index contributed by atoms with van der Waals surface area (Å²) < 4.78 is 39.4. The van der Waals surface area contributed by atoms with Gasteiger partial charge in [-0.15, -0.1) is 0 Å². The summed E-state index contributed by atoms with van der Waals surface area (Å²) in [7, 11) is 0. The molecular weight excluding hydrogens is 459 g/mol. The van der Waals surface area contributed by atoms with Crippen molar-refractivity contribution >= 4 is 34.1 Å². The molecule has 0 aliphatic carbocycles. The summed E-state index contributed by atoms with van der Waals surface area (Å²) in [5.41, 5.74) is 8.35. The van der Waals surface area contributed by atoms with Crippen LogP contribution >= 0.6 is 0 Å². The van der Waals surface area contributed by atoms with Crippen molar-refractivity contribution in [2.75, 3.05) is 11.1 Å². The Morgan fingerprint density at radius 3 is 2.54 bits per heavy atom. The van der Waals surface area contributed by atoms with Gasteiger partial charge in [-0.05, 0) is 59.3 Å². The largest absolute Gasteiger partial charge is 0.416 e. The van der Waals surface area contributed by atoms with Crippen LogP contribution in [0.3, 0.4) is 0 Å². The van der Waals surface area contributed by atoms with E-state index in [1.54, 1.807) is 24.5 Å². The van der Waals surface area contributed by atoms with Crippen molar-refractivity contribution in [1.29, 1.82) is 0 Å². The fourth-order valence-corrected chi connectivity index (χ4v) is 3.66. The standard InChI is InChI=1S/C25H20F3N5O2/c1-14-6-7-30-12-18(14)16-8-17-10-22(31-13-19(17)21(29)9-16)33-24(35)23(34)32-11-15-4-2-3-5-20(15)25(26,27)28/h2-10,12-13H,11,29H2,1H3,(H,32,34)(H,31,33,35). The van der Waals surface area contributed by atoms with Gasteiger partial charge in [0.05, 0.1) is 5.56 Å². The maximum Gasteiger partial charge on any atom is 0.416 e. The molecule has 4 rings (SSSR count). The lowest BCUT2D eigenvalue weighted by molar-refractivity contribution is -0.139. The highest BCUT2D eigenvalue weighted by Gasteiger charge is 2.33. The van der Waals surface area contributed by atoms with Crippen molar-refractivity contribution in [2.45, 2.75) is 19.6 Å². The maximum atomic E-state index is 13.1. The number of carbonyl (C=O) groups is 2. The van der Waals surface area contributed by atoms with Gasteiger partial charge in [-0.3, -0.25) is 14.6 Å². The summed E-state index contributed by atoms with van der Waals surface area (Å²) in [6, 6.07) is 11.9. The van der Waals surface area contributed by atoms with Crippen LogP contribution in [0, 0.1) is 6.92 Å². The summed E-state index contributed by atoms with van der Waals surface area (Å²) in [5.74, 6) is -2.07. The van der Waals surface area contributed by atoms with Crippen LogP contribution in [0.4, 0.5) is 24.7 Å². The van der Waals surface area contributed by atoms with E-state index in [0.29, 0.717) is 16.5 Å². The van der Waals surface area contributed by atoms with Crippen LogP contribution in [0.5, 0.6) is 0 Å². The number of benzene rings is 2. The topological polar surface area (TPSA) is 110 Å². The molecule has 2 aromatic carbocycles. The molecule has 2 aromatic heterocycles. The molecule has 178 valence electrons.